The number of carbonyl (C=O) groups is 2. The molecular formula is C37H37N3O5. The molecule has 2 fully saturated rings. The van der Waals surface area contributed by atoms with E-state index in [1.807, 2.05) is 42.5 Å². The maximum Gasteiger partial charge on any atom is 0.266 e. The van der Waals surface area contributed by atoms with Crippen molar-refractivity contribution in [2.75, 3.05) is 37.6 Å². The second kappa shape index (κ2) is 13.0. The van der Waals surface area contributed by atoms with E-state index >= 15 is 0 Å². The van der Waals surface area contributed by atoms with Gasteiger partial charge in [0, 0.05) is 51.3 Å². The van der Waals surface area contributed by atoms with Gasteiger partial charge in [-0.1, -0.05) is 78.9 Å². The molecule has 0 spiro atoms. The van der Waals surface area contributed by atoms with Gasteiger partial charge in [0.2, 0.25) is 0 Å². The van der Waals surface area contributed by atoms with Crippen molar-refractivity contribution in [2.45, 2.75) is 38.1 Å². The molecule has 0 saturated carbocycles. The number of carbonyl (C=O) groups excluding carboxylic acids is 2. The number of piperazine rings is 1. The highest BCUT2D eigenvalue weighted by molar-refractivity contribution is 6.34. The maximum atomic E-state index is 13.2. The average molecular weight is 604 g/mol. The van der Waals surface area contributed by atoms with E-state index in [1.54, 1.807) is 30.3 Å². The fraction of sp³-hybridized carbons (Fsp3) is 0.297. The van der Waals surface area contributed by atoms with Crippen LogP contribution >= 0.6 is 0 Å². The number of rotatable bonds is 8. The Morgan fingerprint density at radius 2 is 1.33 bits per heavy atom. The van der Waals surface area contributed by atoms with Crippen molar-refractivity contribution in [3.05, 3.63) is 137 Å². The predicted molar refractivity (Wildman–Crippen MR) is 171 cm³/mol. The molecule has 0 unspecified atom stereocenters. The minimum Gasteiger partial charge on any atom is -0.392 e. The number of benzene rings is 4. The van der Waals surface area contributed by atoms with Gasteiger partial charge in [0.25, 0.3) is 11.8 Å². The van der Waals surface area contributed by atoms with Crippen LogP contribution in [0.4, 0.5) is 5.69 Å². The molecule has 8 heteroatoms. The molecule has 4 aromatic rings. The van der Waals surface area contributed by atoms with E-state index < -0.39 is 6.29 Å². The van der Waals surface area contributed by atoms with Gasteiger partial charge in [-0.3, -0.25) is 19.4 Å². The molecule has 2 saturated heterocycles. The van der Waals surface area contributed by atoms with Gasteiger partial charge in [-0.05, 0) is 41.0 Å². The van der Waals surface area contributed by atoms with E-state index in [4.69, 9.17) is 9.47 Å². The molecule has 1 N–H and O–H groups in total. The topological polar surface area (TPSA) is 82.6 Å². The van der Waals surface area contributed by atoms with Gasteiger partial charge in [0.05, 0.1) is 35.6 Å². The molecule has 0 radical (unpaired) electrons. The smallest absolute Gasteiger partial charge is 0.266 e. The molecule has 230 valence electrons. The van der Waals surface area contributed by atoms with E-state index in [-0.39, 0.29) is 30.6 Å². The van der Waals surface area contributed by atoms with Crippen molar-refractivity contribution in [1.82, 2.24) is 9.80 Å². The molecule has 45 heavy (non-hydrogen) atoms. The molecule has 3 aliphatic rings. The number of imide groups is 1. The lowest BCUT2D eigenvalue weighted by Gasteiger charge is -2.41. The lowest BCUT2D eigenvalue weighted by Crippen LogP contribution is -2.49. The van der Waals surface area contributed by atoms with Gasteiger partial charge < -0.3 is 14.6 Å². The van der Waals surface area contributed by atoms with Gasteiger partial charge in [-0.15, -0.1) is 0 Å². The van der Waals surface area contributed by atoms with Crippen LogP contribution in [0.2, 0.25) is 0 Å². The van der Waals surface area contributed by atoms with Crippen LogP contribution < -0.4 is 4.90 Å². The summed E-state index contributed by atoms with van der Waals surface area (Å²) < 4.78 is 13.2. The lowest BCUT2D eigenvalue weighted by molar-refractivity contribution is -0.253. The summed E-state index contributed by atoms with van der Waals surface area (Å²) in [4.78, 5) is 32.6. The van der Waals surface area contributed by atoms with E-state index in [0.717, 1.165) is 56.0 Å². The third kappa shape index (κ3) is 6.33. The van der Waals surface area contributed by atoms with Gasteiger partial charge in [-0.25, -0.2) is 4.90 Å². The number of amides is 2. The van der Waals surface area contributed by atoms with Crippen molar-refractivity contribution in [1.29, 1.82) is 0 Å². The molecule has 7 rings (SSSR count). The number of aliphatic hydroxyl groups excluding tert-OH is 1. The first-order chi connectivity index (χ1) is 22.1. The Bertz CT molecular complexity index is 1620. The van der Waals surface area contributed by atoms with Crippen LogP contribution in [0, 0.1) is 0 Å². The quantitative estimate of drug-likeness (QED) is 0.272. The van der Waals surface area contributed by atoms with Crippen LogP contribution in [0.3, 0.4) is 0 Å². The minimum absolute atomic E-state index is 0.0129. The fourth-order valence-corrected chi connectivity index (χ4v) is 6.53. The molecule has 3 aliphatic heterocycles. The number of hydrogen-bond donors (Lipinski definition) is 1. The fourth-order valence-electron chi connectivity index (χ4n) is 6.53. The van der Waals surface area contributed by atoms with Crippen LogP contribution in [0.25, 0.3) is 0 Å². The number of nitrogens with zero attached hydrogens (tertiary/aromatic N) is 3. The molecule has 0 bridgehead atoms. The summed E-state index contributed by atoms with van der Waals surface area (Å²) in [5.74, 6) is -0.659. The summed E-state index contributed by atoms with van der Waals surface area (Å²) in [6.45, 7) is 5.64. The first-order valence-corrected chi connectivity index (χ1v) is 15.6. The van der Waals surface area contributed by atoms with Gasteiger partial charge in [0.15, 0.2) is 6.29 Å². The van der Waals surface area contributed by atoms with Gasteiger partial charge in [0.1, 0.15) is 0 Å². The zero-order valence-electron chi connectivity index (χ0n) is 25.1. The monoisotopic (exact) mass is 603 g/mol. The van der Waals surface area contributed by atoms with Crippen LogP contribution in [-0.2, 0) is 22.6 Å². The Morgan fingerprint density at radius 1 is 0.667 bits per heavy atom. The third-order valence-electron chi connectivity index (χ3n) is 8.99. The zero-order valence-corrected chi connectivity index (χ0v) is 25.1. The second-order valence-electron chi connectivity index (χ2n) is 12.0. The summed E-state index contributed by atoms with van der Waals surface area (Å²) in [6, 6.07) is 32.7. The summed E-state index contributed by atoms with van der Waals surface area (Å²) >= 11 is 0. The molecule has 3 heterocycles. The van der Waals surface area contributed by atoms with Gasteiger partial charge >= 0.3 is 0 Å². The summed E-state index contributed by atoms with van der Waals surface area (Å²) in [6.07, 6.45) is -0.295. The molecule has 4 aromatic carbocycles. The van der Waals surface area contributed by atoms with Crippen molar-refractivity contribution < 1.29 is 24.2 Å². The third-order valence-corrected chi connectivity index (χ3v) is 8.99. The Morgan fingerprint density at radius 3 is 2.02 bits per heavy atom. The number of aliphatic hydroxyl groups is 1. The number of fused-ring (bicyclic) bond motifs is 1. The van der Waals surface area contributed by atoms with Crippen LogP contribution in [0.15, 0.2) is 103 Å². The molecule has 3 atom stereocenters. The van der Waals surface area contributed by atoms with Crippen molar-refractivity contribution in [3.63, 3.8) is 0 Å². The minimum atomic E-state index is -0.680. The maximum absolute atomic E-state index is 13.2. The Labute approximate surface area is 263 Å². The number of anilines is 1. The second-order valence-corrected chi connectivity index (χ2v) is 12.0. The molecule has 0 aliphatic carbocycles. The van der Waals surface area contributed by atoms with Crippen molar-refractivity contribution in [3.8, 4) is 0 Å². The largest absolute Gasteiger partial charge is 0.392 e. The van der Waals surface area contributed by atoms with Crippen LogP contribution in [-0.4, -0.2) is 65.5 Å². The van der Waals surface area contributed by atoms with Crippen LogP contribution in [0.5, 0.6) is 0 Å². The van der Waals surface area contributed by atoms with E-state index in [2.05, 4.69) is 40.1 Å². The molecule has 0 aromatic heterocycles. The van der Waals surface area contributed by atoms with Crippen molar-refractivity contribution in [2.24, 2.45) is 0 Å². The molecule has 2 amide bonds. The normalized spacial score (nSPS) is 22.5. The first kappa shape index (κ1) is 29.5. The number of ether oxygens (including phenoxy) is 2. The Kier molecular flexibility index (Phi) is 8.56. The Hall–Kier alpha value is -4.18. The zero-order chi connectivity index (χ0) is 30.8. The highest BCUT2D eigenvalue weighted by atomic mass is 16.7. The highest BCUT2D eigenvalue weighted by Crippen LogP contribution is 2.39. The SMILES string of the molecule is O=C1c2ccccc2C(=O)N1c1cccc([C@@H]2O[C@H](CN3CCN(Cc4ccccc4)CC3)C[C@H](c3ccc(CO)cc3)O2)c1. The van der Waals surface area contributed by atoms with Gasteiger partial charge in [-0.2, -0.15) is 0 Å². The number of hydrogen-bond acceptors (Lipinski definition) is 7. The lowest BCUT2D eigenvalue weighted by atomic mass is 9.99. The highest BCUT2D eigenvalue weighted by Gasteiger charge is 2.38. The summed E-state index contributed by atoms with van der Waals surface area (Å²) in [7, 11) is 0. The standard InChI is InChI=1S/C37H37N3O5/c41-25-27-13-15-28(16-14-27)34-22-31(24-39-19-17-38(18-20-39)23-26-7-2-1-3-8-26)44-37(45-34)29-9-6-10-30(21-29)40-35(42)32-11-4-5-12-33(32)36(40)43/h1-16,21,31,34,37,41H,17-20,22-25H2/t31-,34+,37+/m0/s1. The summed E-state index contributed by atoms with van der Waals surface area (Å²) in [5.41, 5.74) is 5.27. The Balaban J connectivity index is 1.09. The van der Waals surface area contributed by atoms with Crippen LogP contribution in [0.1, 0.15) is 61.8 Å². The first-order valence-electron chi connectivity index (χ1n) is 15.6. The molecule has 8 nitrogen and oxygen atoms in total. The van der Waals surface area contributed by atoms with E-state index in [9.17, 15) is 14.7 Å². The average Bonchev–Trinajstić information content (AvgIpc) is 3.35. The van der Waals surface area contributed by atoms with E-state index in [1.165, 1.54) is 10.5 Å². The molecular weight excluding hydrogens is 566 g/mol. The predicted octanol–water partition coefficient (Wildman–Crippen LogP) is 5.34. The summed E-state index contributed by atoms with van der Waals surface area (Å²) in [5, 5.41) is 9.55. The van der Waals surface area contributed by atoms with E-state index in [0.29, 0.717) is 23.2 Å². The van der Waals surface area contributed by atoms with Crippen molar-refractivity contribution >= 4 is 17.5 Å².